The Kier molecular flexibility index (Phi) is 6.73. The van der Waals surface area contributed by atoms with Crippen LogP contribution in [0.2, 0.25) is 0 Å². The molecule has 152 valence electrons. The average molecular weight is 393 g/mol. The predicted octanol–water partition coefficient (Wildman–Crippen LogP) is 3.23. The second-order valence-electron chi connectivity index (χ2n) is 7.24. The van der Waals surface area contributed by atoms with Crippen LogP contribution in [0.1, 0.15) is 33.5 Å². The molecule has 0 unspecified atom stereocenters. The van der Waals surface area contributed by atoms with Crippen LogP contribution in [0.5, 0.6) is 11.5 Å². The molecule has 29 heavy (non-hydrogen) atoms. The minimum absolute atomic E-state index is 0.00169. The first-order valence-electron chi connectivity index (χ1n) is 9.79. The van der Waals surface area contributed by atoms with E-state index < -0.39 is 0 Å². The van der Waals surface area contributed by atoms with E-state index in [4.69, 9.17) is 14.7 Å². The van der Waals surface area contributed by atoms with Gasteiger partial charge in [0.1, 0.15) is 11.5 Å². The van der Waals surface area contributed by atoms with Crippen LogP contribution in [-0.4, -0.2) is 56.1 Å². The molecule has 0 saturated carbocycles. The fourth-order valence-corrected chi connectivity index (χ4v) is 3.67. The molecule has 0 bridgehead atoms. The maximum atomic E-state index is 13.1. The first-order valence-corrected chi connectivity index (χ1v) is 9.79. The number of rotatable bonds is 5. The molecule has 3 rings (SSSR count). The van der Waals surface area contributed by atoms with Gasteiger partial charge in [-0.3, -0.25) is 9.69 Å². The maximum Gasteiger partial charge on any atom is 0.254 e. The van der Waals surface area contributed by atoms with Gasteiger partial charge in [0, 0.05) is 43.9 Å². The van der Waals surface area contributed by atoms with E-state index in [1.165, 1.54) is 5.56 Å². The van der Waals surface area contributed by atoms with E-state index in [2.05, 4.69) is 11.0 Å². The quantitative estimate of drug-likeness (QED) is 0.780. The number of nitriles is 1. The lowest BCUT2D eigenvalue weighted by Gasteiger charge is -2.23. The molecule has 1 saturated heterocycles. The van der Waals surface area contributed by atoms with Gasteiger partial charge in [0.25, 0.3) is 5.91 Å². The molecule has 6 nitrogen and oxygen atoms in total. The van der Waals surface area contributed by atoms with Crippen LogP contribution in [0.3, 0.4) is 0 Å². The summed E-state index contributed by atoms with van der Waals surface area (Å²) in [4.78, 5) is 17.4. The van der Waals surface area contributed by atoms with Crippen LogP contribution < -0.4 is 9.47 Å². The molecule has 1 aliphatic rings. The second-order valence-corrected chi connectivity index (χ2v) is 7.24. The van der Waals surface area contributed by atoms with Gasteiger partial charge in [-0.1, -0.05) is 12.1 Å². The molecule has 0 aliphatic carbocycles. The molecule has 0 N–H and O–H groups in total. The Morgan fingerprint density at radius 3 is 2.28 bits per heavy atom. The number of carbonyl (C=O) groups excluding carboxylic acids is 1. The number of benzene rings is 2. The average Bonchev–Trinajstić information content (AvgIpc) is 2.99. The summed E-state index contributed by atoms with van der Waals surface area (Å²) in [5.41, 5.74) is 3.32. The highest BCUT2D eigenvalue weighted by molar-refractivity contribution is 5.95. The summed E-state index contributed by atoms with van der Waals surface area (Å²) in [5, 5.41) is 8.93. The molecule has 1 aliphatic heterocycles. The van der Waals surface area contributed by atoms with Gasteiger partial charge in [0.05, 0.1) is 25.9 Å². The summed E-state index contributed by atoms with van der Waals surface area (Å²) in [6, 6.07) is 13.4. The Labute approximate surface area is 172 Å². The molecule has 1 heterocycles. The van der Waals surface area contributed by atoms with Gasteiger partial charge in [0.15, 0.2) is 0 Å². The topological polar surface area (TPSA) is 65.8 Å². The molecular weight excluding hydrogens is 366 g/mol. The first kappa shape index (κ1) is 20.7. The summed E-state index contributed by atoms with van der Waals surface area (Å²) in [5.74, 6) is 1.32. The zero-order valence-corrected chi connectivity index (χ0v) is 17.3. The van der Waals surface area contributed by atoms with Gasteiger partial charge >= 0.3 is 0 Å². The number of amides is 1. The van der Waals surface area contributed by atoms with Crippen molar-refractivity contribution in [2.24, 2.45) is 0 Å². The third-order valence-electron chi connectivity index (χ3n) is 5.36. The summed E-state index contributed by atoms with van der Waals surface area (Å²) in [6.07, 6.45) is 0.919. The molecule has 0 aromatic heterocycles. The monoisotopic (exact) mass is 393 g/mol. The minimum Gasteiger partial charge on any atom is -0.496 e. The first-order chi connectivity index (χ1) is 14.0. The largest absolute Gasteiger partial charge is 0.496 e. The van der Waals surface area contributed by atoms with Crippen LogP contribution in [0.4, 0.5) is 0 Å². The van der Waals surface area contributed by atoms with E-state index in [-0.39, 0.29) is 5.91 Å². The SMILES string of the molecule is COc1cc(C(=O)N2CCCN(Cc3ccc(C#N)cc3)CC2)cc(OC)c1C. The number of carbonyl (C=O) groups is 1. The highest BCUT2D eigenvalue weighted by atomic mass is 16.5. The number of nitrogens with zero attached hydrogens (tertiary/aromatic N) is 3. The van der Waals surface area contributed by atoms with Gasteiger partial charge in [-0.15, -0.1) is 0 Å². The van der Waals surface area contributed by atoms with Crippen molar-refractivity contribution in [2.45, 2.75) is 19.9 Å². The zero-order valence-electron chi connectivity index (χ0n) is 17.3. The van der Waals surface area contributed by atoms with Gasteiger partial charge in [-0.05, 0) is 43.2 Å². The number of methoxy groups -OCH3 is 2. The molecule has 0 atom stereocenters. The Hall–Kier alpha value is -3.04. The van der Waals surface area contributed by atoms with Gasteiger partial charge in [-0.25, -0.2) is 0 Å². The van der Waals surface area contributed by atoms with Crippen molar-refractivity contribution in [3.8, 4) is 17.6 Å². The summed E-state index contributed by atoms with van der Waals surface area (Å²) >= 11 is 0. The smallest absolute Gasteiger partial charge is 0.254 e. The van der Waals surface area contributed by atoms with Crippen molar-refractivity contribution < 1.29 is 14.3 Å². The van der Waals surface area contributed by atoms with Crippen molar-refractivity contribution in [3.63, 3.8) is 0 Å². The molecule has 0 spiro atoms. The fraction of sp³-hybridized carbons (Fsp3) is 0.391. The van der Waals surface area contributed by atoms with Gasteiger partial charge in [-0.2, -0.15) is 5.26 Å². The Morgan fingerprint density at radius 1 is 1.03 bits per heavy atom. The molecule has 2 aromatic rings. The van der Waals surface area contributed by atoms with E-state index >= 15 is 0 Å². The van der Waals surface area contributed by atoms with Crippen molar-refractivity contribution >= 4 is 5.91 Å². The molecule has 6 heteroatoms. The minimum atomic E-state index is 0.00169. The van der Waals surface area contributed by atoms with Crippen molar-refractivity contribution in [1.29, 1.82) is 5.26 Å². The fourth-order valence-electron chi connectivity index (χ4n) is 3.67. The normalized spacial score (nSPS) is 14.8. The highest BCUT2D eigenvalue weighted by Crippen LogP contribution is 2.30. The Morgan fingerprint density at radius 2 is 1.69 bits per heavy atom. The summed E-state index contributed by atoms with van der Waals surface area (Å²) in [7, 11) is 3.20. The lowest BCUT2D eigenvalue weighted by molar-refractivity contribution is 0.0760. The van der Waals surface area contributed by atoms with Gasteiger partial charge in [0.2, 0.25) is 0 Å². The van der Waals surface area contributed by atoms with Crippen molar-refractivity contribution in [2.75, 3.05) is 40.4 Å². The predicted molar refractivity (Wildman–Crippen MR) is 111 cm³/mol. The van der Waals surface area contributed by atoms with Gasteiger partial charge < -0.3 is 14.4 Å². The summed E-state index contributed by atoms with van der Waals surface area (Å²) < 4.78 is 10.8. The Bertz CT molecular complexity index is 878. The van der Waals surface area contributed by atoms with Crippen LogP contribution >= 0.6 is 0 Å². The lowest BCUT2D eigenvalue weighted by Crippen LogP contribution is -2.35. The third kappa shape index (κ3) is 4.87. The standard InChI is InChI=1S/C23H27N3O3/c1-17-21(28-2)13-20(14-22(17)29-3)23(27)26-10-4-9-25(11-12-26)16-19-7-5-18(15-24)6-8-19/h5-8,13-14H,4,9-12,16H2,1-3H3. The van der Waals surface area contributed by atoms with Crippen molar-refractivity contribution in [3.05, 3.63) is 58.7 Å². The maximum absolute atomic E-state index is 13.1. The van der Waals surface area contributed by atoms with Crippen LogP contribution in [-0.2, 0) is 6.54 Å². The molecule has 1 amide bonds. The molecular formula is C23H27N3O3. The molecule has 2 aromatic carbocycles. The van der Waals surface area contributed by atoms with Crippen LogP contribution in [0.25, 0.3) is 0 Å². The highest BCUT2D eigenvalue weighted by Gasteiger charge is 2.22. The summed E-state index contributed by atoms with van der Waals surface area (Å²) in [6.45, 7) is 5.88. The van der Waals surface area contributed by atoms with E-state index in [1.807, 2.05) is 36.1 Å². The Balaban J connectivity index is 1.67. The van der Waals surface area contributed by atoms with E-state index in [9.17, 15) is 4.79 Å². The third-order valence-corrected chi connectivity index (χ3v) is 5.36. The van der Waals surface area contributed by atoms with E-state index in [1.54, 1.807) is 26.4 Å². The zero-order chi connectivity index (χ0) is 20.8. The van der Waals surface area contributed by atoms with Crippen molar-refractivity contribution in [1.82, 2.24) is 9.80 Å². The van der Waals surface area contributed by atoms with E-state index in [0.717, 1.165) is 38.2 Å². The molecule has 0 radical (unpaired) electrons. The number of hydrogen-bond donors (Lipinski definition) is 0. The second kappa shape index (κ2) is 9.44. The van der Waals surface area contributed by atoms with E-state index in [0.29, 0.717) is 29.2 Å². The lowest BCUT2D eigenvalue weighted by atomic mass is 10.1. The number of hydrogen-bond acceptors (Lipinski definition) is 5. The molecule has 1 fully saturated rings. The van der Waals surface area contributed by atoms with Crippen LogP contribution in [0, 0.1) is 18.3 Å². The number of ether oxygens (including phenoxy) is 2. The van der Waals surface area contributed by atoms with Crippen LogP contribution in [0.15, 0.2) is 36.4 Å².